The second-order valence-electron chi connectivity index (χ2n) is 4.27. The van der Waals surface area contributed by atoms with Crippen LogP contribution in [0.15, 0.2) is 48.5 Å². The van der Waals surface area contributed by atoms with E-state index in [9.17, 15) is 4.39 Å². The number of aryl methyl sites for hydroxylation is 1. The highest BCUT2D eigenvalue weighted by Crippen LogP contribution is 2.22. The molecule has 0 amide bonds. The van der Waals surface area contributed by atoms with Gasteiger partial charge in [0.15, 0.2) is 0 Å². The normalized spacial score (nSPS) is 11.1. The van der Waals surface area contributed by atoms with Gasteiger partial charge in [-0.1, -0.05) is 12.1 Å². The number of nitrogens with zero attached hydrogens (tertiary/aromatic N) is 2. The molecule has 3 rings (SSSR count). The van der Waals surface area contributed by atoms with Crippen molar-refractivity contribution in [2.24, 2.45) is 0 Å². The summed E-state index contributed by atoms with van der Waals surface area (Å²) < 4.78 is 15.1. The molecule has 0 unspecified atom stereocenters. The molecular formula is C15H12ClFN2. The van der Waals surface area contributed by atoms with E-state index in [4.69, 9.17) is 11.6 Å². The molecule has 0 radical (unpaired) electrons. The minimum atomic E-state index is -0.243. The number of halogens is 2. The van der Waals surface area contributed by atoms with Gasteiger partial charge in [0.1, 0.15) is 11.6 Å². The number of alkyl halides is 1. The molecule has 19 heavy (non-hydrogen) atoms. The van der Waals surface area contributed by atoms with Crippen molar-refractivity contribution in [3.05, 3.63) is 60.2 Å². The molecule has 4 heteroatoms. The summed E-state index contributed by atoms with van der Waals surface area (Å²) >= 11 is 5.83. The monoisotopic (exact) mass is 274 g/mol. The Balaban J connectivity index is 2.24. The highest BCUT2D eigenvalue weighted by atomic mass is 35.5. The third-order valence-electron chi connectivity index (χ3n) is 3.03. The topological polar surface area (TPSA) is 17.8 Å². The fourth-order valence-electron chi connectivity index (χ4n) is 2.21. The Kier molecular flexibility index (Phi) is 3.22. The van der Waals surface area contributed by atoms with Gasteiger partial charge in [-0.25, -0.2) is 9.37 Å². The third kappa shape index (κ3) is 2.22. The third-order valence-corrected chi connectivity index (χ3v) is 3.22. The summed E-state index contributed by atoms with van der Waals surface area (Å²) in [4.78, 5) is 4.59. The Bertz CT molecular complexity index is 704. The van der Waals surface area contributed by atoms with Crippen molar-refractivity contribution in [1.82, 2.24) is 9.55 Å². The average Bonchev–Trinajstić information content (AvgIpc) is 2.78. The maximum absolute atomic E-state index is 13.0. The second kappa shape index (κ2) is 5.02. The van der Waals surface area contributed by atoms with Crippen LogP contribution in [0.2, 0.25) is 0 Å². The van der Waals surface area contributed by atoms with Crippen LogP contribution >= 0.6 is 11.6 Å². The van der Waals surface area contributed by atoms with Crippen molar-refractivity contribution in [1.29, 1.82) is 0 Å². The number of imidazole rings is 1. The van der Waals surface area contributed by atoms with Crippen LogP contribution in [-0.4, -0.2) is 15.4 Å². The van der Waals surface area contributed by atoms with Gasteiger partial charge in [0.2, 0.25) is 0 Å². The van der Waals surface area contributed by atoms with Crippen LogP contribution in [0.4, 0.5) is 4.39 Å². The molecule has 0 aliphatic heterocycles. The fourth-order valence-corrected chi connectivity index (χ4v) is 2.38. The van der Waals surface area contributed by atoms with Gasteiger partial charge in [-0.2, -0.15) is 0 Å². The molecule has 0 bridgehead atoms. The lowest BCUT2D eigenvalue weighted by atomic mass is 10.2. The molecule has 0 N–H and O–H groups in total. The fraction of sp³-hybridized carbons (Fsp3) is 0.133. The molecule has 0 aliphatic rings. The van der Waals surface area contributed by atoms with E-state index in [0.29, 0.717) is 12.3 Å². The number of rotatable bonds is 3. The number of para-hydroxylation sites is 2. The van der Waals surface area contributed by atoms with Crippen molar-refractivity contribution >= 4 is 22.6 Å². The van der Waals surface area contributed by atoms with Crippen LogP contribution in [0.25, 0.3) is 16.7 Å². The van der Waals surface area contributed by atoms with Gasteiger partial charge < -0.3 is 0 Å². The summed E-state index contributed by atoms with van der Waals surface area (Å²) in [6.07, 6.45) is 0.674. The maximum atomic E-state index is 13.0. The van der Waals surface area contributed by atoms with E-state index in [1.807, 2.05) is 28.8 Å². The zero-order valence-corrected chi connectivity index (χ0v) is 10.9. The van der Waals surface area contributed by atoms with Gasteiger partial charge in [-0.15, -0.1) is 11.6 Å². The molecule has 96 valence electrons. The summed E-state index contributed by atoms with van der Waals surface area (Å²) in [5, 5.41) is 0. The van der Waals surface area contributed by atoms with Crippen LogP contribution in [-0.2, 0) is 6.42 Å². The molecule has 1 heterocycles. The first-order valence-electron chi connectivity index (χ1n) is 6.08. The lowest BCUT2D eigenvalue weighted by molar-refractivity contribution is 0.627. The highest BCUT2D eigenvalue weighted by Gasteiger charge is 2.11. The summed E-state index contributed by atoms with van der Waals surface area (Å²) in [5.74, 6) is 1.15. The molecule has 0 saturated carbocycles. The lowest BCUT2D eigenvalue weighted by Crippen LogP contribution is -2.02. The van der Waals surface area contributed by atoms with Crippen molar-refractivity contribution in [3.63, 3.8) is 0 Å². The minimum absolute atomic E-state index is 0.243. The van der Waals surface area contributed by atoms with Crippen LogP contribution in [0.5, 0.6) is 0 Å². The number of hydrogen-bond donors (Lipinski definition) is 0. The molecule has 2 aromatic carbocycles. The van der Waals surface area contributed by atoms with Crippen LogP contribution in [0.1, 0.15) is 5.82 Å². The van der Waals surface area contributed by atoms with Gasteiger partial charge in [0, 0.05) is 18.0 Å². The van der Waals surface area contributed by atoms with Crippen LogP contribution < -0.4 is 0 Å². The first kappa shape index (κ1) is 12.2. The minimum Gasteiger partial charge on any atom is -0.296 e. The molecule has 0 fully saturated rings. The molecule has 0 saturated heterocycles. The summed E-state index contributed by atoms with van der Waals surface area (Å²) in [7, 11) is 0. The summed E-state index contributed by atoms with van der Waals surface area (Å²) in [5.41, 5.74) is 2.83. The smallest absolute Gasteiger partial charge is 0.123 e. The Labute approximate surface area is 115 Å². The number of aromatic nitrogens is 2. The number of hydrogen-bond acceptors (Lipinski definition) is 1. The Morgan fingerprint density at radius 1 is 1.05 bits per heavy atom. The summed E-state index contributed by atoms with van der Waals surface area (Å²) in [6, 6.07) is 14.3. The molecular weight excluding hydrogens is 263 g/mol. The lowest BCUT2D eigenvalue weighted by Gasteiger charge is -2.08. The SMILES string of the molecule is Fc1ccc(-n2c(CCCl)nc3ccccc32)cc1. The van der Waals surface area contributed by atoms with Crippen LogP contribution in [0, 0.1) is 5.82 Å². The van der Waals surface area contributed by atoms with Crippen molar-refractivity contribution in [3.8, 4) is 5.69 Å². The largest absolute Gasteiger partial charge is 0.296 e. The highest BCUT2D eigenvalue weighted by molar-refractivity contribution is 6.17. The Morgan fingerprint density at radius 3 is 2.53 bits per heavy atom. The van der Waals surface area contributed by atoms with Crippen LogP contribution in [0.3, 0.4) is 0 Å². The predicted molar refractivity (Wildman–Crippen MR) is 75.5 cm³/mol. The molecule has 3 aromatic rings. The van der Waals surface area contributed by atoms with Gasteiger partial charge in [0.05, 0.1) is 11.0 Å². The van der Waals surface area contributed by atoms with Gasteiger partial charge in [0.25, 0.3) is 0 Å². The van der Waals surface area contributed by atoms with Gasteiger partial charge in [-0.05, 0) is 36.4 Å². The molecule has 0 atom stereocenters. The Hall–Kier alpha value is -1.87. The Morgan fingerprint density at radius 2 is 1.79 bits per heavy atom. The molecule has 0 aliphatic carbocycles. The van der Waals surface area contributed by atoms with Crippen molar-refractivity contribution < 1.29 is 4.39 Å². The van der Waals surface area contributed by atoms with E-state index in [-0.39, 0.29) is 5.82 Å². The van der Waals surface area contributed by atoms with E-state index >= 15 is 0 Å². The van der Waals surface area contributed by atoms with Gasteiger partial charge in [-0.3, -0.25) is 4.57 Å². The van der Waals surface area contributed by atoms with E-state index in [1.54, 1.807) is 12.1 Å². The van der Waals surface area contributed by atoms with Crippen molar-refractivity contribution in [2.45, 2.75) is 6.42 Å². The first-order valence-corrected chi connectivity index (χ1v) is 6.61. The second-order valence-corrected chi connectivity index (χ2v) is 4.65. The van der Waals surface area contributed by atoms with E-state index in [1.165, 1.54) is 12.1 Å². The average molecular weight is 275 g/mol. The van der Waals surface area contributed by atoms with E-state index in [0.717, 1.165) is 22.5 Å². The predicted octanol–water partition coefficient (Wildman–Crippen LogP) is 3.95. The van der Waals surface area contributed by atoms with E-state index in [2.05, 4.69) is 4.98 Å². The first-order chi connectivity index (χ1) is 9.29. The molecule has 1 aromatic heterocycles. The van der Waals surface area contributed by atoms with Gasteiger partial charge >= 0.3 is 0 Å². The van der Waals surface area contributed by atoms with Crippen molar-refractivity contribution in [2.75, 3.05) is 5.88 Å². The molecule has 0 spiro atoms. The standard InChI is InChI=1S/C15H12ClFN2/c16-10-9-15-18-13-3-1-2-4-14(13)19(15)12-7-5-11(17)6-8-12/h1-8H,9-10H2. The molecule has 2 nitrogen and oxygen atoms in total. The zero-order chi connectivity index (χ0) is 13.2. The number of benzene rings is 2. The number of fused-ring (bicyclic) bond motifs is 1. The quantitative estimate of drug-likeness (QED) is 0.662. The van der Waals surface area contributed by atoms with E-state index < -0.39 is 0 Å². The zero-order valence-electron chi connectivity index (χ0n) is 10.2. The maximum Gasteiger partial charge on any atom is 0.123 e. The summed E-state index contributed by atoms with van der Waals surface area (Å²) in [6.45, 7) is 0.